The van der Waals surface area contributed by atoms with E-state index in [1.54, 1.807) is 13.0 Å². The van der Waals surface area contributed by atoms with Crippen LogP contribution in [0.5, 0.6) is 0 Å². The highest BCUT2D eigenvalue weighted by Gasteiger charge is 2.22. The second kappa shape index (κ2) is 6.84. The maximum Gasteiger partial charge on any atom is 0.334 e. The molecule has 1 rings (SSSR count). The average Bonchev–Trinajstić information content (AvgIpc) is 2.37. The van der Waals surface area contributed by atoms with Crippen LogP contribution in [0, 0.1) is 6.92 Å². The van der Waals surface area contributed by atoms with E-state index in [1.807, 2.05) is 19.1 Å². The first-order chi connectivity index (χ1) is 9.29. The van der Waals surface area contributed by atoms with Gasteiger partial charge >= 0.3 is 7.60 Å². The molecule has 0 aliphatic rings. The zero-order valence-electron chi connectivity index (χ0n) is 12.2. The molecule has 0 saturated heterocycles. The predicted octanol–water partition coefficient (Wildman–Crippen LogP) is 3.50. The molecular weight excluding hydrogens is 277 g/mol. The molecule has 0 aliphatic heterocycles. The Kier molecular flexibility index (Phi) is 5.69. The Balaban J connectivity index is 3.00. The fourth-order valence-electron chi connectivity index (χ4n) is 1.69. The highest BCUT2D eigenvalue weighted by Crippen LogP contribution is 2.49. The topological polar surface area (TPSA) is 64.6 Å². The standard InChI is InChI=1S/C14H20NO4P/c1-10(2)14(16)15-13-7-11(3)6-12(8-13)9-20(17,18-4)19-5/h6-8H,1,9H2,2-5H3,(H,15,16). The van der Waals surface area contributed by atoms with Crippen LogP contribution in [0.4, 0.5) is 5.69 Å². The molecule has 1 amide bonds. The van der Waals surface area contributed by atoms with Gasteiger partial charge in [0.1, 0.15) is 0 Å². The van der Waals surface area contributed by atoms with Crippen molar-refractivity contribution in [2.24, 2.45) is 0 Å². The molecule has 0 spiro atoms. The Morgan fingerprint density at radius 2 is 1.90 bits per heavy atom. The van der Waals surface area contributed by atoms with Crippen molar-refractivity contribution >= 4 is 19.2 Å². The zero-order chi connectivity index (χ0) is 15.3. The van der Waals surface area contributed by atoms with E-state index >= 15 is 0 Å². The van der Waals surface area contributed by atoms with Gasteiger partial charge in [-0.15, -0.1) is 0 Å². The van der Waals surface area contributed by atoms with Crippen LogP contribution in [0.3, 0.4) is 0 Å². The number of benzene rings is 1. The van der Waals surface area contributed by atoms with E-state index in [0.717, 1.165) is 11.1 Å². The molecule has 20 heavy (non-hydrogen) atoms. The van der Waals surface area contributed by atoms with Crippen molar-refractivity contribution in [3.8, 4) is 0 Å². The number of carbonyl (C=O) groups excluding carboxylic acids is 1. The molecule has 1 N–H and O–H groups in total. The zero-order valence-corrected chi connectivity index (χ0v) is 13.1. The molecule has 0 atom stereocenters. The molecule has 6 heteroatoms. The highest BCUT2D eigenvalue weighted by molar-refractivity contribution is 7.52. The molecule has 0 unspecified atom stereocenters. The largest absolute Gasteiger partial charge is 0.334 e. The average molecular weight is 297 g/mol. The van der Waals surface area contributed by atoms with Gasteiger partial charge in [-0.05, 0) is 37.1 Å². The van der Waals surface area contributed by atoms with Crippen molar-refractivity contribution in [2.45, 2.75) is 20.0 Å². The molecule has 0 heterocycles. The lowest BCUT2D eigenvalue weighted by molar-refractivity contribution is -0.112. The Bertz CT molecular complexity index is 560. The lowest BCUT2D eigenvalue weighted by atomic mass is 10.1. The number of carbonyl (C=O) groups is 1. The lowest BCUT2D eigenvalue weighted by Crippen LogP contribution is -2.12. The number of hydrogen-bond donors (Lipinski definition) is 1. The van der Waals surface area contributed by atoms with Gasteiger partial charge in [-0.1, -0.05) is 12.6 Å². The molecule has 0 aromatic heterocycles. The van der Waals surface area contributed by atoms with Crippen molar-refractivity contribution in [2.75, 3.05) is 19.5 Å². The minimum atomic E-state index is -3.13. The van der Waals surface area contributed by atoms with Crippen molar-refractivity contribution in [1.29, 1.82) is 0 Å². The molecule has 0 bridgehead atoms. The van der Waals surface area contributed by atoms with Crippen LogP contribution >= 0.6 is 7.60 Å². The molecule has 0 radical (unpaired) electrons. The Morgan fingerprint density at radius 1 is 1.30 bits per heavy atom. The molecule has 0 saturated carbocycles. The second-order valence-electron chi connectivity index (χ2n) is 4.58. The van der Waals surface area contributed by atoms with E-state index in [9.17, 15) is 9.36 Å². The highest BCUT2D eigenvalue weighted by atomic mass is 31.2. The SMILES string of the molecule is C=C(C)C(=O)Nc1cc(C)cc(CP(=O)(OC)OC)c1. The fourth-order valence-corrected chi connectivity index (χ4v) is 2.73. The van der Waals surface area contributed by atoms with Gasteiger partial charge in [0.05, 0.1) is 6.16 Å². The summed E-state index contributed by atoms with van der Waals surface area (Å²) in [5, 5.41) is 2.73. The molecule has 5 nitrogen and oxygen atoms in total. The maximum atomic E-state index is 12.1. The summed E-state index contributed by atoms with van der Waals surface area (Å²) in [6, 6.07) is 5.45. The molecule has 110 valence electrons. The van der Waals surface area contributed by atoms with E-state index in [1.165, 1.54) is 14.2 Å². The summed E-state index contributed by atoms with van der Waals surface area (Å²) in [5.74, 6) is -0.247. The van der Waals surface area contributed by atoms with Crippen molar-refractivity contribution in [1.82, 2.24) is 0 Å². The second-order valence-corrected chi connectivity index (χ2v) is 6.84. The van der Waals surface area contributed by atoms with E-state index < -0.39 is 7.60 Å². The maximum absolute atomic E-state index is 12.1. The van der Waals surface area contributed by atoms with Gasteiger partial charge in [-0.25, -0.2) is 0 Å². The minimum Gasteiger partial charge on any atom is -0.322 e. The van der Waals surface area contributed by atoms with Crippen LogP contribution in [0.15, 0.2) is 30.4 Å². The van der Waals surface area contributed by atoms with Crippen LogP contribution in [0.1, 0.15) is 18.1 Å². The summed E-state index contributed by atoms with van der Waals surface area (Å²) < 4.78 is 22.0. The Morgan fingerprint density at radius 3 is 2.40 bits per heavy atom. The summed E-state index contributed by atoms with van der Waals surface area (Å²) in [6.07, 6.45) is 0.150. The molecule has 0 fully saturated rings. The van der Waals surface area contributed by atoms with Gasteiger partial charge in [-0.2, -0.15) is 0 Å². The Hall–Kier alpha value is -1.42. The summed E-state index contributed by atoms with van der Waals surface area (Å²) in [5.41, 5.74) is 2.77. The fraction of sp³-hybridized carbons (Fsp3) is 0.357. The number of amides is 1. The van der Waals surface area contributed by atoms with Gasteiger partial charge in [0.15, 0.2) is 0 Å². The summed E-state index contributed by atoms with van der Waals surface area (Å²) >= 11 is 0. The quantitative estimate of drug-likeness (QED) is 0.644. The van der Waals surface area contributed by atoms with Crippen LogP contribution in [0.2, 0.25) is 0 Å². The van der Waals surface area contributed by atoms with Gasteiger partial charge in [0, 0.05) is 25.5 Å². The first kappa shape index (κ1) is 16.6. The summed E-state index contributed by atoms with van der Waals surface area (Å²) in [4.78, 5) is 11.6. The van der Waals surface area contributed by atoms with E-state index in [0.29, 0.717) is 11.3 Å². The van der Waals surface area contributed by atoms with Crippen molar-refractivity contribution < 1.29 is 18.4 Å². The monoisotopic (exact) mass is 297 g/mol. The third-order valence-electron chi connectivity index (χ3n) is 2.72. The molecular formula is C14H20NO4P. The normalized spacial score (nSPS) is 11.2. The first-order valence-electron chi connectivity index (χ1n) is 6.07. The molecule has 1 aromatic rings. The van der Waals surface area contributed by atoms with Crippen LogP contribution in [-0.2, 0) is 24.6 Å². The van der Waals surface area contributed by atoms with Gasteiger partial charge in [-0.3, -0.25) is 9.36 Å². The lowest BCUT2D eigenvalue weighted by Gasteiger charge is -2.15. The third-order valence-corrected chi connectivity index (χ3v) is 4.58. The summed E-state index contributed by atoms with van der Waals surface area (Å²) in [7, 11) is -0.424. The number of anilines is 1. The van der Waals surface area contributed by atoms with Gasteiger partial charge in [0.2, 0.25) is 0 Å². The van der Waals surface area contributed by atoms with Crippen molar-refractivity contribution in [3.63, 3.8) is 0 Å². The summed E-state index contributed by atoms with van der Waals surface area (Å²) in [6.45, 7) is 7.11. The molecule has 1 aromatic carbocycles. The van der Waals surface area contributed by atoms with Gasteiger partial charge in [0.25, 0.3) is 5.91 Å². The number of aryl methyl sites for hydroxylation is 1. The van der Waals surface area contributed by atoms with E-state index in [2.05, 4.69) is 11.9 Å². The van der Waals surface area contributed by atoms with Crippen LogP contribution in [-0.4, -0.2) is 20.1 Å². The molecule has 0 aliphatic carbocycles. The van der Waals surface area contributed by atoms with Crippen LogP contribution < -0.4 is 5.32 Å². The Labute approximate surface area is 119 Å². The number of nitrogens with one attached hydrogen (secondary N) is 1. The first-order valence-corrected chi connectivity index (χ1v) is 7.80. The van der Waals surface area contributed by atoms with Gasteiger partial charge < -0.3 is 14.4 Å². The third kappa shape index (κ3) is 4.60. The minimum absolute atomic E-state index is 0.150. The number of hydrogen-bond acceptors (Lipinski definition) is 4. The van der Waals surface area contributed by atoms with Crippen molar-refractivity contribution in [3.05, 3.63) is 41.5 Å². The smallest absolute Gasteiger partial charge is 0.322 e. The van der Waals surface area contributed by atoms with E-state index in [4.69, 9.17) is 9.05 Å². The van der Waals surface area contributed by atoms with Crippen LogP contribution in [0.25, 0.3) is 0 Å². The van der Waals surface area contributed by atoms with E-state index in [-0.39, 0.29) is 12.1 Å². The predicted molar refractivity (Wildman–Crippen MR) is 80.0 cm³/mol. The number of rotatable bonds is 6.